The molecule has 8 bridgehead atoms. The molecular weight excluding hydrogens is 356 g/mol. The van der Waals surface area contributed by atoms with Crippen molar-refractivity contribution in [3.05, 3.63) is 82.7 Å². The van der Waals surface area contributed by atoms with E-state index < -0.39 is 0 Å². The van der Waals surface area contributed by atoms with Crippen LogP contribution in [0.1, 0.15) is 50.5 Å². The number of aliphatic imine (C=N–C) groups is 2. The summed E-state index contributed by atoms with van der Waals surface area (Å²) in [6.45, 7) is 8.88. The van der Waals surface area contributed by atoms with Gasteiger partial charge < -0.3 is 9.55 Å². The van der Waals surface area contributed by atoms with Crippen LogP contribution in [0, 0.1) is 0 Å². The molecule has 5 rings (SSSR count). The van der Waals surface area contributed by atoms with Crippen LogP contribution in [0.2, 0.25) is 0 Å². The maximum atomic E-state index is 4.94. The van der Waals surface area contributed by atoms with Crippen LogP contribution >= 0.6 is 0 Å². The summed E-state index contributed by atoms with van der Waals surface area (Å²) in [5, 5.41) is 0. The third-order valence-corrected chi connectivity index (χ3v) is 6.39. The van der Waals surface area contributed by atoms with Gasteiger partial charge in [0.15, 0.2) is 0 Å². The second-order valence-electron chi connectivity index (χ2n) is 9.08. The molecule has 4 heteroatoms. The number of aromatic amines is 1. The fourth-order valence-electron chi connectivity index (χ4n) is 4.35. The van der Waals surface area contributed by atoms with Gasteiger partial charge in [-0.1, -0.05) is 0 Å². The average molecular weight is 383 g/mol. The smallest absolute Gasteiger partial charge is 0.0654 e. The van der Waals surface area contributed by atoms with Crippen LogP contribution in [0.15, 0.2) is 69.9 Å². The summed E-state index contributed by atoms with van der Waals surface area (Å²) in [5.74, 6) is 0. The zero-order chi connectivity index (χ0) is 20.4. The van der Waals surface area contributed by atoms with Gasteiger partial charge in [-0.15, -0.1) is 0 Å². The third kappa shape index (κ3) is 2.74. The Labute approximate surface area is 171 Å². The zero-order valence-corrected chi connectivity index (χ0v) is 17.6. The maximum absolute atomic E-state index is 4.94. The minimum Gasteiger partial charge on any atom is -0.358 e. The molecule has 4 nitrogen and oxygen atoms in total. The predicted octanol–water partition coefficient (Wildman–Crippen LogP) is 5.33. The normalized spacial score (nSPS) is 21.0. The van der Waals surface area contributed by atoms with E-state index in [9.17, 15) is 0 Å². The van der Waals surface area contributed by atoms with Crippen molar-refractivity contribution in [2.24, 2.45) is 17.0 Å². The second kappa shape index (κ2) is 5.93. The number of nitrogens with zero attached hydrogens (tertiary/aromatic N) is 3. The van der Waals surface area contributed by atoms with E-state index >= 15 is 0 Å². The standard InChI is InChI=1S/C25H26N4/c1-24(2)20-10-6-16(26-20)14-17-7-12-22(27-17)25(3,4)23-13-9-19(29(23)5)15-18-8-11-21(24)28-18/h6-15,26H,1-5H3. The van der Waals surface area contributed by atoms with E-state index in [-0.39, 0.29) is 10.8 Å². The fraction of sp³-hybridized carbons (Fsp3) is 0.280. The molecule has 0 radical (unpaired) electrons. The highest BCUT2D eigenvalue weighted by atomic mass is 15.0. The van der Waals surface area contributed by atoms with E-state index in [1.54, 1.807) is 0 Å². The molecule has 0 aromatic carbocycles. The van der Waals surface area contributed by atoms with Gasteiger partial charge in [0.25, 0.3) is 0 Å². The lowest BCUT2D eigenvalue weighted by Gasteiger charge is -2.25. The summed E-state index contributed by atoms with van der Waals surface area (Å²) in [6, 6.07) is 8.64. The molecular formula is C25H26N4. The SMILES string of the molecule is Cn1c2ccc1C(C)(C)C1=NC(=Cc3ccc([nH]3)C(C)(C)C3=NC(=C2)C=C3)C=C1. The molecule has 0 unspecified atom stereocenters. The Morgan fingerprint density at radius 1 is 0.759 bits per heavy atom. The topological polar surface area (TPSA) is 45.4 Å². The highest BCUT2D eigenvalue weighted by Gasteiger charge is 2.32. The molecule has 146 valence electrons. The first-order chi connectivity index (χ1) is 13.7. The molecule has 0 atom stereocenters. The Morgan fingerprint density at radius 3 is 2.14 bits per heavy atom. The second-order valence-corrected chi connectivity index (χ2v) is 9.08. The van der Waals surface area contributed by atoms with Crippen molar-refractivity contribution in [3.8, 4) is 0 Å². The number of nitrogens with one attached hydrogen (secondary N) is 1. The number of aromatic nitrogens is 2. The van der Waals surface area contributed by atoms with Crippen LogP contribution in [-0.2, 0) is 17.9 Å². The van der Waals surface area contributed by atoms with Gasteiger partial charge in [-0.25, -0.2) is 0 Å². The van der Waals surface area contributed by atoms with Gasteiger partial charge in [-0.2, -0.15) is 0 Å². The van der Waals surface area contributed by atoms with E-state index in [0.29, 0.717) is 0 Å². The van der Waals surface area contributed by atoms with Gasteiger partial charge in [0, 0.05) is 40.7 Å². The first kappa shape index (κ1) is 17.9. The van der Waals surface area contributed by atoms with E-state index in [1.165, 1.54) is 5.69 Å². The molecule has 0 aliphatic carbocycles. The van der Waals surface area contributed by atoms with Gasteiger partial charge in [0.05, 0.1) is 22.8 Å². The molecule has 3 aliphatic heterocycles. The monoisotopic (exact) mass is 382 g/mol. The summed E-state index contributed by atoms with van der Waals surface area (Å²) >= 11 is 0. The molecule has 29 heavy (non-hydrogen) atoms. The molecule has 5 heterocycles. The van der Waals surface area contributed by atoms with E-state index in [1.807, 2.05) is 0 Å². The largest absolute Gasteiger partial charge is 0.358 e. The molecule has 0 spiro atoms. The summed E-state index contributed by atoms with van der Waals surface area (Å²) in [4.78, 5) is 13.4. The fourth-order valence-corrected chi connectivity index (χ4v) is 4.35. The van der Waals surface area contributed by atoms with Crippen LogP contribution in [-0.4, -0.2) is 21.0 Å². The van der Waals surface area contributed by atoms with E-state index in [4.69, 9.17) is 9.98 Å². The summed E-state index contributed by atoms with van der Waals surface area (Å²) in [5.41, 5.74) is 8.27. The van der Waals surface area contributed by atoms with Crippen molar-refractivity contribution in [2.45, 2.75) is 38.5 Å². The first-order valence-corrected chi connectivity index (χ1v) is 10.1. The van der Waals surface area contributed by atoms with Gasteiger partial charge >= 0.3 is 0 Å². The molecule has 3 aliphatic rings. The molecule has 2 aromatic heterocycles. The average Bonchev–Trinajstić information content (AvgIpc) is 3.43. The van der Waals surface area contributed by atoms with Gasteiger partial charge in [0.1, 0.15) is 0 Å². The number of fused-ring (bicyclic) bond motifs is 6. The van der Waals surface area contributed by atoms with E-state index in [2.05, 4.69) is 105 Å². The molecule has 0 saturated heterocycles. The Morgan fingerprint density at radius 2 is 1.41 bits per heavy atom. The quantitative estimate of drug-likeness (QED) is 0.640. The molecule has 1 N–H and O–H groups in total. The number of rotatable bonds is 0. The van der Waals surface area contributed by atoms with Crippen molar-refractivity contribution in [2.75, 3.05) is 0 Å². The minimum atomic E-state index is -0.207. The van der Waals surface area contributed by atoms with Crippen molar-refractivity contribution in [3.63, 3.8) is 0 Å². The molecule has 0 amide bonds. The molecule has 0 saturated carbocycles. The minimum absolute atomic E-state index is 0.197. The first-order valence-electron chi connectivity index (χ1n) is 10.1. The molecule has 2 aromatic rings. The number of H-pyrrole nitrogens is 1. The van der Waals surface area contributed by atoms with Crippen LogP contribution in [0.3, 0.4) is 0 Å². The third-order valence-electron chi connectivity index (χ3n) is 6.39. The van der Waals surface area contributed by atoms with Crippen LogP contribution in [0.25, 0.3) is 12.2 Å². The predicted molar refractivity (Wildman–Crippen MR) is 121 cm³/mol. The summed E-state index contributed by atoms with van der Waals surface area (Å²) in [7, 11) is 2.12. The maximum Gasteiger partial charge on any atom is 0.0654 e. The van der Waals surface area contributed by atoms with Crippen LogP contribution < -0.4 is 0 Å². The lowest BCUT2D eigenvalue weighted by Crippen LogP contribution is -2.29. The number of allylic oxidation sites excluding steroid dienone is 4. The van der Waals surface area contributed by atoms with Crippen molar-refractivity contribution >= 4 is 23.6 Å². The number of hydrogen-bond donors (Lipinski definition) is 1. The van der Waals surface area contributed by atoms with Crippen LogP contribution in [0.4, 0.5) is 0 Å². The Kier molecular flexibility index (Phi) is 3.66. The summed E-state index contributed by atoms with van der Waals surface area (Å²) in [6.07, 6.45) is 12.7. The van der Waals surface area contributed by atoms with E-state index in [0.717, 1.165) is 39.9 Å². The highest BCUT2D eigenvalue weighted by molar-refractivity contribution is 6.07. The zero-order valence-electron chi connectivity index (χ0n) is 17.6. The Bertz CT molecular complexity index is 1200. The van der Waals surface area contributed by atoms with Gasteiger partial charge in [-0.05, 0) is 88.4 Å². The highest BCUT2D eigenvalue weighted by Crippen LogP contribution is 2.33. The Balaban J connectivity index is 1.73. The van der Waals surface area contributed by atoms with Crippen molar-refractivity contribution in [1.29, 1.82) is 0 Å². The van der Waals surface area contributed by atoms with Crippen LogP contribution in [0.5, 0.6) is 0 Å². The summed E-state index contributed by atoms with van der Waals surface area (Å²) < 4.78 is 2.25. The van der Waals surface area contributed by atoms with Crippen molar-refractivity contribution in [1.82, 2.24) is 9.55 Å². The van der Waals surface area contributed by atoms with Gasteiger partial charge in [-0.3, -0.25) is 9.98 Å². The Hall–Kier alpha value is -3.14. The molecule has 0 fully saturated rings. The lowest BCUT2D eigenvalue weighted by atomic mass is 9.84. The lowest BCUT2D eigenvalue weighted by molar-refractivity contribution is 0.644. The van der Waals surface area contributed by atoms with Gasteiger partial charge in [0.2, 0.25) is 0 Å². The number of hydrogen-bond acceptors (Lipinski definition) is 2. The van der Waals surface area contributed by atoms with Crippen molar-refractivity contribution < 1.29 is 0 Å².